The Balaban J connectivity index is 1.73. The van der Waals surface area contributed by atoms with Gasteiger partial charge < -0.3 is 15.5 Å². The maximum absolute atomic E-state index is 12.0. The summed E-state index contributed by atoms with van der Waals surface area (Å²) in [6.45, 7) is 4.13. The maximum atomic E-state index is 12.0. The highest BCUT2D eigenvalue weighted by Gasteiger charge is 2.16. The molecule has 0 saturated heterocycles. The van der Waals surface area contributed by atoms with Crippen LogP contribution in [0.25, 0.3) is 21.3 Å². The van der Waals surface area contributed by atoms with Gasteiger partial charge in [-0.15, -0.1) is 11.3 Å². The topological polar surface area (TPSA) is 70.1 Å². The first-order chi connectivity index (χ1) is 13.1. The standard InChI is InChI=1S/C20H25N5OS/c1-14-17(15-7-5-4-6-8-15)18-19(23-13-24-20(18)27-14)22-10-9-16(26)21-11-12-25(2)3/h4-8,13H,9-12H2,1-3H3,(H,21,26)(H,22,23,24). The summed E-state index contributed by atoms with van der Waals surface area (Å²) in [5.41, 5.74) is 2.31. The van der Waals surface area contributed by atoms with Crippen LogP contribution in [0.4, 0.5) is 5.82 Å². The Kier molecular flexibility index (Phi) is 6.36. The van der Waals surface area contributed by atoms with Crippen LogP contribution in [0, 0.1) is 6.92 Å². The summed E-state index contributed by atoms with van der Waals surface area (Å²) in [5.74, 6) is 0.823. The van der Waals surface area contributed by atoms with E-state index >= 15 is 0 Å². The number of nitrogens with zero attached hydrogens (tertiary/aromatic N) is 3. The molecule has 6 nitrogen and oxygen atoms in total. The van der Waals surface area contributed by atoms with Crippen molar-refractivity contribution in [1.82, 2.24) is 20.2 Å². The summed E-state index contributed by atoms with van der Waals surface area (Å²) in [6, 6.07) is 10.3. The van der Waals surface area contributed by atoms with E-state index in [2.05, 4.69) is 39.7 Å². The molecule has 0 aliphatic heterocycles. The van der Waals surface area contributed by atoms with Crippen LogP contribution >= 0.6 is 11.3 Å². The molecule has 1 aromatic carbocycles. The fraction of sp³-hybridized carbons (Fsp3) is 0.350. The lowest BCUT2D eigenvalue weighted by Crippen LogP contribution is -2.32. The SMILES string of the molecule is Cc1sc2ncnc(NCCC(=O)NCCN(C)C)c2c1-c1ccccc1. The fourth-order valence-corrected chi connectivity index (χ4v) is 3.95. The molecule has 2 heterocycles. The number of aryl methyl sites for hydroxylation is 1. The van der Waals surface area contributed by atoms with Crippen LogP contribution < -0.4 is 10.6 Å². The van der Waals surface area contributed by atoms with Crippen molar-refractivity contribution in [3.05, 3.63) is 41.5 Å². The summed E-state index contributed by atoms with van der Waals surface area (Å²) in [5, 5.41) is 7.28. The lowest BCUT2D eigenvalue weighted by Gasteiger charge is -2.11. The Morgan fingerprint density at radius 3 is 2.67 bits per heavy atom. The molecular weight excluding hydrogens is 358 g/mol. The molecule has 0 fully saturated rings. The van der Waals surface area contributed by atoms with Gasteiger partial charge in [-0.05, 0) is 26.6 Å². The highest BCUT2D eigenvalue weighted by Crippen LogP contribution is 2.40. The van der Waals surface area contributed by atoms with Gasteiger partial charge in [0.15, 0.2) is 0 Å². The number of carbonyl (C=O) groups is 1. The Morgan fingerprint density at radius 1 is 1.15 bits per heavy atom. The van der Waals surface area contributed by atoms with Gasteiger partial charge in [0.1, 0.15) is 17.0 Å². The van der Waals surface area contributed by atoms with Crippen LogP contribution in [0.1, 0.15) is 11.3 Å². The van der Waals surface area contributed by atoms with Gasteiger partial charge >= 0.3 is 0 Å². The summed E-state index contributed by atoms with van der Waals surface area (Å²) in [7, 11) is 3.97. The van der Waals surface area contributed by atoms with E-state index < -0.39 is 0 Å². The smallest absolute Gasteiger partial charge is 0.221 e. The second-order valence-electron chi connectivity index (χ2n) is 6.63. The van der Waals surface area contributed by atoms with E-state index in [4.69, 9.17) is 0 Å². The molecule has 2 N–H and O–H groups in total. The van der Waals surface area contributed by atoms with Crippen LogP contribution in [0.3, 0.4) is 0 Å². The van der Waals surface area contributed by atoms with E-state index in [0.29, 0.717) is 19.5 Å². The molecule has 0 aliphatic rings. The quantitative estimate of drug-likeness (QED) is 0.625. The minimum Gasteiger partial charge on any atom is -0.369 e. The zero-order valence-corrected chi connectivity index (χ0v) is 16.8. The first-order valence-electron chi connectivity index (χ1n) is 9.01. The third kappa shape index (κ3) is 4.81. The zero-order valence-electron chi connectivity index (χ0n) is 16.0. The number of aromatic nitrogens is 2. The van der Waals surface area contributed by atoms with Gasteiger partial charge in [-0.1, -0.05) is 30.3 Å². The second-order valence-corrected chi connectivity index (χ2v) is 7.83. The largest absolute Gasteiger partial charge is 0.369 e. The van der Waals surface area contributed by atoms with Crippen LogP contribution in [0.15, 0.2) is 36.7 Å². The summed E-state index contributed by atoms with van der Waals surface area (Å²) in [6.07, 6.45) is 1.98. The number of amides is 1. The molecular formula is C20H25N5OS. The van der Waals surface area contributed by atoms with Gasteiger partial charge in [-0.2, -0.15) is 0 Å². The van der Waals surface area contributed by atoms with E-state index in [9.17, 15) is 4.79 Å². The third-order valence-corrected chi connectivity index (χ3v) is 5.27. The van der Waals surface area contributed by atoms with Crippen molar-refractivity contribution in [3.63, 3.8) is 0 Å². The zero-order chi connectivity index (χ0) is 19.2. The Morgan fingerprint density at radius 2 is 1.93 bits per heavy atom. The molecule has 0 saturated carbocycles. The molecule has 142 valence electrons. The van der Waals surface area contributed by atoms with E-state index in [1.54, 1.807) is 17.7 Å². The normalized spacial score (nSPS) is 11.1. The third-order valence-electron chi connectivity index (χ3n) is 4.25. The molecule has 0 aliphatic carbocycles. The number of hydrogen-bond donors (Lipinski definition) is 2. The first-order valence-corrected chi connectivity index (χ1v) is 9.82. The number of anilines is 1. The monoisotopic (exact) mass is 383 g/mol. The summed E-state index contributed by atoms with van der Waals surface area (Å²) in [4.78, 5) is 25.0. The summed E-state index contributed by atoms with van der Waals surface area (Å²) < 4.78 is 0. The molecule has 0 bridgehead atoms. The number of hydrogen-bond acceptors (Lipinski definition) is 6. The van der Waals surface area contributed by atoms with E-state index in [1.807, 2.05) is 37.2 Å². The number of carbonyl (C=O) groups excluding carboxylic acids is 1. The second kappa shape index (κ2) is 8.92. The molecule has 0 spiro atoms. The minimum atomic E-state index is 0.0411. The molecule has 0 unspecified atom stereocenters. The van der Waals surface area contributed by atoms with Crippen molar-refractivity contribution in [3.8, 4) is 11.1 Å². The molecule has 0 radical (unpaired) electrons. The van der Waals surface area contributed by atoms with Gasteiger partial charge in [0, 0.05) is 36.5 Å². The molecule has 27 heavy (non-hydrogen) atoms. The van der Waals surface area contributed by atoms with Crippen molar-refractivity contribution >= 4 is 33.3 Å². The van der Waals surface area contributed by atoms with Crippen molar-refractivity contribution in [2.75, 3.05) is 39.0 Å². The average Bonchev–Trinajstić information content (AvgIpc) is 2.99. The Labute approximate surface area is 163 Å². The number of fused-ring (bicyclic) bond motifs is 1. The average molecular weight is 384 g/mol. The Hall–Kier alpha value is -2.51. The van der Waals surface area contributed by atoms with Crippen molar-refractivity contribution in [2.45, 2.75) is 13.3 Å². The number of rotatable bonds is 8. The Bertz CT molecular complexity index is 907. The lowest BCUT2D eigenvalue weighted by atomic mass is 10.0. The predicted molar refractivity (Wildman–Crippen MR) is 112 cm³/mol. The summed E-state index contributed by atoms with van der Waals surface area (Å²) >= 11 is 1.67. The molecule has 7 heteroatoms. The minimum absolute atomic E-state index is 0.0411. The predicted octanol–water partition coefficient (Wildman–Crippen LogP) is 3.15. The van der Waals surface area contributed by atoms with E-state index in [0.717, 1.165) is 33.7 Å². The fourth-order valence-electron chi connectivity index (χ4n) is 2.93. The van der Waals surface area contributed by atoms with Crippen LogP contribution in [0.5, 0.6) is 0 Å². The highest BCUT2D eigenvalue weighted by molar-refractivity contribution is 7.19. The van der Waals surface area contributed by atoms with Gasteiger partial charge in [0.25, 0.3) is 0 Å². The number of nitrogens with one attached hydrogen (secondary N) is 2. The first kappa shape index (κ1) is 19.3. The molecule has 3 aromatic rings. The van der Waals surface area contributed by atoms with Crippen LogP contribution in [-0.2, 0) is 4.79 Å². The van der Waals surface area contributed by atoms with E-state index in [1.165, 1.54) is 4.88 Å². The van der Waals surface area contributed by atoms with Gasteiger partial charge in [-0.25, -0.2) is 9.97 Å². The molecule has 2 aromatic heterocycles. The van der Waals surface area contributed by atoms with Crippen molar-refractivity contribution < 1.29 is 4.79 Å². The molecule has 3 rings (SSSR count). The van der Waals surface area contributed by atoms with Crippen LogP contribution in [-0.4, -0.2) is 54.5 Å². The van der Waals surface area contributed by atoms with Gasteiger partial charge in [0.2, 0.25) is 5.91 Å². The van der Waals surface area contributed by atoms with Crippen molar-refractivity contribution in [2.24, 2.45) is 0 Å². The lowest BCUT2D eigenvalue weighted by molar-refractivity contribution is -0.120. The van der Waals surface area contributed by atoms with E-state index in [-0.39, 0.29) is 5.91 Å². The molecule has 1 amide bonds. The number of likely N-dealkylation sites (N-methyl/N-ethyl adjacent to an activating group) is 1. The maximum Gasteiger partial charge on any atom is 0.221 e. The number of benzene rings is 1. The van der Waals surface area contributed by atoms with Gasteiger partial charge in [0.05, 0.1) is 5.39 Å². The number of thiophene rings is 1. The van der Waals surface area contributed by atoms with Crippen LogP contribution in [0.2, 0.25) is 0 Å². The molecule has 0 atom stereocenters. The van der Waals surface area contributed by atoms with Gasteiger partial charge in [-0.3, -0.25) is 4.79 Å². The highest BCUT2D eigenvalue weighted by atomic mass is 32.1. The van der Waals surface area contributed by atoms with Crippen molar-refractivity contribution in [1.29, 1.82) is 0 Å².